The molecule has 6 heteroatoms. The molecule has 5 nitrogen and oxygen atoms in total. The average Bonchev–Trinajstić information content (AvgIpc) is 2.78. The molecule has 1 aromatic heterocycles. The minimum absolute atomic E-state index is 0.391. The molecule has 1 aliphatic heterocycles. The second-order valence-corrected chi connectivity index (χ2v) is 7.89. The topological polar surface area (TPSA) is 58.4 Å². The van der Waals surface area contributed by atoms with Crippen molar-refractivity contribution in [3.63, 3.8) is 0 Å². The second-order valence-electron chi connectivity index (χ2n) is 6.58. The fraction of sp³-hybridized carbons (Fsp3) is 0.273. The Morgan fingerprint density at radius 2 is 1.82 bits per heavy atom. The minimum Gasteiger partial charge on any atom is -0.493 e. The molecule has 0 unspecified atom stereocenters. The maximum absolute atomic E-state index is 9.54. The van der Waals surface area contributed by atoms with Crippen LogP contribution >= 0.6 is 11.8 Å². The molecule has 142 valence electrons. The van der Waals surface area contributed by atoms with Crippen LogP contribution in [0, 0.1) is 11.3 Å². The summed E-state index contributed by atoms with van der Waals surface area (Å²) in [6.45, 7) is 1.79. The first-order chi connectivity index (χ1) is 13.7. The van der Waals surface area contributed by atoms with E-state index in [9.17, 15) is 5.26 Å². The summed E-state index contributed by atoms with van der Waals surface area (Å²) < 4.78 is 10.9. The van der Waals surface area contributed by atoms with Gasteiger partial charge in [-0.05, 0) is 17.7 Å². The summed E-state index contributed by atoms with van der Waals surface area (Å²) in [5.74, 6) is 3.16. The Hall–Kier alpha value is -2.91. The summed E-state index contributed by atoms with van der Waals surface area (Å²) >= 11 is 1.98. The van der Waals surface area contributed by atoms with Crippen LogP contribution in [0.4, 0.5) is 5.82 Å². The van der Waals surface area contributed by atoms with E-state index in [1.54, 1.807) is 20.4 Å². The molecule has 2 aromatic carbocycles. The SMILES string of the molecule is COc1cc2c(C#N)cnc(N3CCS[C@@H](c4ccccc4)C3)c2cc1OC. The number of rotatable bonds is 4. The van der Waals surface area contributed by atoms with Gasteiger partial charge in [0.25, 0.3) is 0 Å². The number of anilines is 1. The fourth-order valence-electron chi connectivity index (χ4n) is 3.60. The third-order valence-corrected chi connectivity index (χ3v) is 6.27. The van der Waals surface area contributed by atoms with Gasteiger partial charge >= 0.3 is 0 Å². The lowest BCUT2D eigenvalue weighted by molar-refractivity contribution is 0.356. The van der Waals surface area contributed by atoms with E-state index in [4.69, 9.17) is 9.47 Å². The largest absolute Gasteiger partial charge is 0.493 e. The number of ether oxygens (including phenoxy) is 2. The highest BCUT2D eigenvalue weighted by Gasteiger charge is 2.25. The third-order valence-electron chi connectivity index (χ3n) is 5.03. The van der Waals surface area contributed by atoms with Crippen LogP contribution in [0.2, 0.25) is 0 Å². The fourth-order valence-corrected chi connectivity index (χ4v) is 4.85. The molecule has 28 heavy (non-hydrogen) atoms. The molecule has 2 heterocycles. The molecule has 0 bridgehead atoms. The minimum atomic E-state index is 0.391. The van der Waals surface area contributed by atoms with Crippen molar-refractivity contribution in [2.24, 2.45) is 0 Å². The summed E-state index contributed by atoms with van der Waals surface area (Å²) in [5, 5.41) is 11.7. The number of pyridine rings is 1. The molecular weight excluding hydrogens is 370 g/mol. The van der Waals surface area contributed by atoms with Crippen LogP contribution in [0.25, 0.3) is 10.8 Å². The third kappa shape index (κ3) is 3.34. The normalized spacial score (nSPS) is 16.6. The van der Waals surface area contributed by atoms with Crippen LogP contribution in [-0.4, -0.2) is 38.0 Å². The molecule has 1 aliphatic rings. The van der Waals surface area contributed by atoms with Gasteiger partial charge in [0.2, 0.25) is 0 Å². The second kappa shape index (κ2) is 7.99. The summed E-state index contributed by atoms with van der Waals surface area (Å²) in [6.07, 6.45) is 1.66. The maximum Gasteiger partial charge on any atom is 0.161 e. The van der Waals surface area contributed by atoms with Gasteiger partial charge in [-0.3, -0.25) is 0 Å². The highest BCUT2D eigenvalue weighted by Crippen LogP contribution is 2.40. The standard InChI is InChI=1S/C22H21N3O2S/c1-26-19-10-17-16(12-23)13-24-22(18(17)11-20(19)27-2)25-8-9-28-21(14-25)15-6-4-3-5-7-15/h3-7,10-11,13,21H,8-9,14H2,1-2H3/t21-/m1/s1. The molecule has 4 rings (SSSR count). The highest BCUT2D eigenvalue weighted by atomic mass is 32.2. The zero-order valence-electron chi connectivity index (χ0n) is 15.9. The van der Waals surface area contributed by atoms with E-state index in [0.29, 0.717) is 22.3 Å². The Labute approximate surface area is 168 Å². The molecular formula is C22H21N3O2S. The molecule has 1 fully saturated rings. The lowest BCUT2D eigenvalue weighted by Crippen LogP contribution is -2.35. The van der Waals surface area contributed by atoms with Gasteiger partial charge in [-0.25, -0.2) is 4.98 Å². The van der Waals surface area contributed by atoms with Gasteiger partial charge in [0.05, 0.1) is 19.8 Å². The van der Waals surface area contributed by atoms with Crippen LogP contribution < -0.4 is 14.4 Å². The summed E-state index contributed by atoms with van der Waals surface area (Å²) in [4.78, 5) is 6.97. The lowest BCUT2D eigenvalue weighted by atomic mass is 10.1. The number of benzene rings is 2. The predicted molar refractivity (Wildman–Crippen MR) is 113 cm³/mol. The molecule has 0 radical (unpaired) electrons. The predicted octanol–water partition coefficient (Wildman–Crippen LogP) is 4.42. The molecule has 1 atom stereocenters. The van der Waals surface area contributed by atoms with Gasteiger partial charge in [-0.1, -0.05) is 30.3 Å². The summed E-state index contributed by atoms with van der Waals surface area (Å²) in [5.41, 5.74) is 1.86. The number of aromatic nitrogens is 1. The van der Waals surface area contributed by atoms with E-state index < -0.39 is 0 Å². The van der Waals surface area contributed by atoms with Crippen LogP contribution in [0.3, 0.4) is 0 Å². The molecule has 0 aliphatic carbocycles. The van der Waals surface area contributed by atoms with E-state index in [2.05, 4.69) is 40.2 Å². The number of methoxy groups -OCH3 is 2. The highest BCUT2D eigenvalue weighted by molar-refractivity contribution is 7.99. The summed E-state index contributed by atoms with van der Waals surface area (Å²) in [6, 6.07) is 16.6. The molecule has 0 amide bonds. The Morgan fingerprint density at radius 1 is 1.11 bits per heavy atom. The molecule has 0 spiro atoms. The van der Waals surface area contributed by atoms with E-state index in [-0.39, 0.29) is 0 Å². The van der Waals surface area contributed by atoms with Crippen LogP contribution in [0.5, 0.6) is 11.5 Å². The van der Waals surface area contributed by atoms with Crippen LogP contribution in [0.15, 0.2) is 48.7 Å². The van der Waals surface area contributed by atoms with E-state index in [1.165, 1.54) is 5.56 Å². The van der Waals surface area contributed by atoms with Crippen molar-refractivity contribution in [2.45, 2.75) is 5.25 Å². The van der Waals surface area contributed by atoms with Crippen molar-refractivity contribution in [3.8, 4) is 17.6 Å². The molecule has 0 saturated carbocycles. The number of fused-ring (bicyclic) bond motifs is 1. The Morgan fingerprint density at radius 3 is 2.50 bits per heavy atom. The van der Waals surface area contributed by atoms with E-state index in [0.717, 1.165) is 35.4 Å². The average molecular weight is 391 g/mol. The molecule has 3 aromatic rings. The van der Waals surface area contributed by atoms with Crippen LogP contribution in [0.1, 0.15) is 16.4 Å². The van der Waals surface area contributed by atoms with Gasteiger partial charge in [0.15, 0.2) is 11.5 Å². The quantitative estimate of drug-likeness (QED) is 0.656. The van der Waals surface area contributed by atoms with Gasteiger partial charge in [0, 0.05) is 41.1 Å². The Kier molecular flexibility index (Phi) is 5.27. The molecule has 1 saturated heterocycles. The smallest absolute Gasteiger partial charge is 0.161 e. The van der Waals surface area contributed by atoms with Crippen molar-refractivity contribution < 1.29 is 9.47 Å². The van der Waals surface area contributed by atoms with E-state index in [1.807, 2.05) is 30.0 Å². The first-order valence-electron chi connectivity index (χ1n) is 9.11. The van der Waals surface area contributed by atoms with Gasteiger partial charge in [0.1, 0.15) is 11.9 Å². The number of nitrogens with zero attached hydrogens (tertiary/aromatic N) is 3. The number of nitriles is 1. The Balaban J connectivity index is 1.79. The zero-order valence-corrected chi connectivity index (χ0v) is 16.7. The summed E-state index contributed by atoms with van der Waals surface area (Å²) in [7, 11) is 3.22. The number of hydrogen-bond donors (Lipinski definition) is 0. The van der Waals surface area contributed by atoms with Crippen molar-refractivity contribution in [1.82, 2.24) is 4.98 Å². The zero-order chi connectivity index (χ0) is 19.5. The first kappa shape index (κ1) is 18.5. The van der Waals surface area contributed by atoms with Crippen molar-refractivity contribution in [3.05, 3.63) is 59.8 Å². The van der Waals surface area contributed by atoms with Gasteiger partial charge in [-0.2, -0.15) is 17.0 Å². The van der Waals surface area contributed by atoms with E-state index >= 15 is 0 Å². The van der Waals surface area contributed by atoms with Crippen LogP contribution in [-0.2, 0) is 0 Å². The van der Waals surface area contributed by atoms with Gasteiger partial charge < -0.3 is 14.4 Å². The lowest BCUT2D eigenvalue weighted by Gasteiger charge is -2.34. The van der Waals surface area contributed by atoms with Crippen molar-refractivity contribution in [2.75, 3.05) is 38.0 Å². The number of thioether (sulfide) groups is 1. The molecule has 0 N–H and O–H groups in total. The van der Waals surface area contributed by atoms with Gasteiger partial charge in [-0.15, -0.1) is 0 Å². The first-order valence-corrected chi connectivity index (χ1v) is 10.2. The monoisotopic (exact) mass is 391 g/mol. The van der Waals surface area contributed by atoms with Crippen molar-refractivity contribution >= 4 is 28.4 Å². The number of hydrogen-bond acceptors (Lipinski definition) is 6. The van der Waals surface area contributed by atoms with Crippen molar-refractivity contribution in [1.29, 1.82) is 5.26 Å². The Bertz CT molecular complexity index is 1030. The maximum atomic E-state index is 9.54.